The topological polar surface area (TPSA) is 102 Å². The number of pyridine rings is 1. The molecule has 0 unspecified atom stereocenters. The molecule has 0 radical (unpaired) electrons. The van der Waals surface area contributed by atoms with Gasteiger partial charge in [0.25, 0.3) is 11.8 Å². The quantitative estimate of drug-likeness (QED) is 0.553. The van der Waals surface area contributed by atoms with Crippen LogP contribution in [0.25, 0.3) is 5.52 Å². The van der Waals surface area contributed by atoms with Gasteiger partial charge in [0, 0.05) is 18.0 Å². The van der Waals surface area contributed by atoms with Gasteiger partial charge in [-0.3, -0.25) is 14.0 Å². The molecule has 0 saturated carbocycles. The Hall–Kier alpha value is -3.94. The number of benzene rings is 1. The summed E-state index contributed by atoms with van der Waals surface area (Å²) in [7, 11) is 0. The third-order valence-electron chi connectivity index (χ3n) is 4.32. The second-order valence-electron chi connectivity index (χ2n) is 6.85. The maximum absolute atomic E-state index is 12.9. The van der Waals surface area contributed by atoms with Crippen LogP contribution in [0, 0.1) is 20.8 Å². The van der Waals surface area contributed by atoms with Gasteiger partial charge in [0.1, 0.15) is 5.76 Å². The van der Waals surface area contributed by atoms with E-state index in [-0.39, 0.29) is 17.3 Å². The molecule has 0 atom stereocenters. The molecule has 0 fully saturated rings. The number of fused-ring (bicyclic) bond motifs is 1. The van der Waals surface area contributed by atoms with Crippen molar-refractivity contribution in [1.82, 2.24) is 14.5 Å². The van der Waals surface area contributed by atoms with Crippen LogP contribution in [-0.2, 0) is 0 Å². The van der Waals surface area contributed by atoms with E-state index >= 15 is 0 Å². The number of hydrogen-bond donors (Lipinski definition) is 2. The minimum atomic E-state index is -0.495. The molecule has 0 aliphatic carbocycles. The molecule has 2 N–H and O–H groups in total. The summed E-state index contributed by atoms with van der Waals surface area (Å²) in [5, 5.41) is 9.24. The van der Waals surface area contributed by atoms with Crippen LogP contribution in [-0.4, -0.2) is 26.4 Å². The smallest absolute Gasteiger partial charge is 0.293 e. The summed E-state index contributed by atoms with van der Waals surface area (Å²) < 4.78 is 6.53. The highest BCUT2D eigenvalue weighted by Crippen LogP contribution is 2.19. The number of carbonyl (C=O) groups excluding carboxylic acids is 2. The number of aromatic nitrogens is 3. The third-order valence-corrected chi connectivity index (χ3v) is 4.32. The van der Waals surface area contributed by atoms with Crippen LogP contribution < -0.4 is 10.6 Å². The maximum atomic E-state index is 12.9. The predicted octanol–water partition coefficient (Wildman–Crippen LogP) is 3.75. The summed E-state index contributed by atoms with van der Waals surface area (Å²) in [6, 6.07) is 12.7. The zero-order chi connectivity index (χ0) is 20.5. The Kier molecular flexibility index (Phi) is 4.59. The summed E-state index contributed by atoms with van der Waals surface area (Å²) in [5.41, 5.74) is 3.44. The standard InChI is InChI=1S/C21H19N5O3/c1-12-8-13(2)10-15(9-12)22-20(27)18-16-6-4-5-7-26(16)19(24-18)21(28)23-17-11-14(3)29-25-17/h4-11H,1-3H3,(H,22,27)(H,23,25,28). The Bertz CT molecular complexity index is 1220. The molecule has 3 heterocycles. The second-order valence-corrected chi connectivity index (χ2v) is 6.85. The lowest BCUT2D eigenvalue weighted by molar-refractivity contribution is 0.101. The van der Waals surface area contributed by atoms with Gasteiger partial charge in [-0.05, 0) is 56.2 Å². The zero-order valence-corrected chi connectivity index (χ0v) is 16.2. The molecule has 0 spiro atoms. The van der Waals surface area contributed by atoms with Crippen molar-refractivity contribution < 1.29 is 14.1 Å². The number of imidazole rings is 1. The lowest BCUT2D eigenvalue weighted by atomic mass is 10.1. The van der Waals surface area contributed by atoms with Gasteiger partial charge in [-0.2, -0.15) is 0 Å². The molecule has 4 aromatic rings. The van der Waals surface area contributed by atoms with E-state index in [9.17, 15) is 9.59 Å². The van der Waals surface area contributed by atoms with Gasteiger partial charge in [-0.25, -0.2) is 4.98 Å². The lowest BCUT2D eigenvalue weighted by Gasteiger charge is -2.06. The first kappa shape index (κ1) is 18.4. The first-order valence-electron chi connectivity index (χ1n) is 9.02. The Morgan fingerprint density at radius 3 is 2.41 bits per heavy atom. The van der Waals surface area contributed by atoms with Crippen molar-refractivity contribution in [1.29, 1.82) is 0 Å². The summed E-state index contributed by atoms with van der Waals surface area (Å²) in [4.78, 5) is 29.9. The summed E-state index contributed by atoms with van der Waals surface area (Å²) in [6.45, 7) is 5.65. The largest absolute Gasteiger partial charge is 0.360 e. The van der Waals surface area contributed by atoms with Crippen LogP contribution in [0.5, 0.6) is 0 Å². The number of nitrogens with one attached hydrogen (secondary N) is 2. The Labute approximate surface area is 166 Å². The normalized spacial score (nSPS) is 10.9. The van der Waals surface area contributed by atoms with Crippen molar-refractivity contribution in [3.8, 4) is 0 Å². The third kappa shape index (κ3) is 3.73. The number of amides is 2. The first-order chi connectivity index (χ1) is 13.9. The molecule has 1 aromatic carbocycles. The van der Waals surface area contributed by atoms with E-state index in [4.69, 9.17) is 4.52 Å². The van der Waals surface area contributed by atoms with Crippen molar-refractivity contribution in [3.05, 3.63) is 77.1 Å². The van der Waals surface area contributed by atoms with E-state index < -0.39 is 11.8 Å². The van der Waals surface area contributed by atoms with Crippen LogP contribution in [0.1, 0.15) is 38.0 Å². The fourth-order valence-corrected chi connectivity index (χ4v) is 3.20. The molecule has 8 nitrogen and oxygen atoms in total. The second kappa shape index (κ2) is 7.23. The van der Waals surface area contributed by atoms with Gasteiger partial charge in [0.15, 0.2) is 11.5 Å². The van der Waals surface area contributed by atoms with E-state index in [1.165, 1.54) is 0 Å². The summed E-state index contributed by atoms with van der Waals surface area (Å²) in [5.74, 6) is 0.0371. The molecule has 29 heavy (non-hydrogen) atoms. The molecular formula is C21H19N5O3. The minimum absolute atomic E-state index is 0.0758. The summed E-state index contributed by atoms with van der Waals surface area (Å²) >= 11 is 0. The average molecular weight is 389 g/mol. The molecular weight excluding hydrogens is 370 g/mol. The number of aryl methyl sites for hydroxylation is 3. The van der Waals surface area contributed by atoms with Crippen LogP contribution >= 0.6 is 0 Å². The fourth-order valence-electron chi connectivity index (χ4n) is 3.20. The highest BCUT2D eigenvalue weighted by Gasteiger charge is 2.22. The number of nitrogens with zero attached hydrogens (tertiary/aromatic N) is 3. The lowest BCUT2D eigenvalue weighted by Crippen LogP contribution is -2.16. The highest BCUT2D eigenvalue weighted by molar-refractivity contribution is 6.10. The highest BCUT2D eigenvalue weighted by atomic mass is 16.5. The van der Waals surface area contributed by atoms with Crippen molar-refractivity contribution in [2.45, 2.75) is 20.8 Å². The van der Waals surface area contributed by atoms with Gasteiger partial charge in [0.05, 0.1) is 5.52 Å². The Morgan fingerprint density at radius 1 is 0.966 bits per heavy atom. The van der Waals surface area contributed by atoms with Crippen molar-refractivity contribution in [2.24, 2.45) is 0 Å². The molecule has 8 heteroatoms. The van der Waals surface area contributed by atoms with Crippen LogP contribution in [0.2, 0.25) is 0 Å². The Morgan fingerprint density at radius 2 is 1.72 bits per heavy atom. The monoisotopic (exact) mass is 389 g/mol. The molecule has 0 aliphatic rings. The maximum Gasteiger partial charge on any atom is 0.293 e. The van der Waals surface area contributed by atoms with Gasteiger partial charge >= 0.3 is 0 Å². The number of carbonyl (C=O) groups is 2. The van der Waals surface area contributed by atoms with E-state index in [1.807, 2.05) is 32.0 Å². The SMILES string of the molecule is Cc1cc(C)cc(NC(=O)c2nc(C(=O)Nc3cc(C)on3)n3ccccc23)c1. The molecule has 2 amide bonds. The average Bonchev–Trinajstić information content (AvgIpc) is 3.24. The van der Waals surface area contributed by atoms with E-state index in [0.717, 1.165) is 11.1 Å². The van der Waals surface area contributed by atoms with Gasteiger partial charge in [-0.1, -0.05) is 17.3 Å². The molecule has 0 bridgehead atoms. The first-order valence-corrected chi connectivity index (χ1v) is 9.02. The summed E-state index contributed by atoms with van der Waals surface area (Å²) in [6.07, 6.45) is 1.68. The van der Waals surface area contributed by atoms with Crippen LogP contribution in [0.3, 0.4) is 0 Å². The van der Waals surface area contributed by atoms with Crippen LogP contribution in [0.4, 0.5) is 11.5 Å². The van der Waals surface area contributed by atoms with Crippen LogP contribution in [0.15, 0.2) is 53.2 Å². The van der Waals surface area contributed by atoms with Crippen molar-refractivity contribution >= 4 is 28.8 Å². The number of hydrogen-bond acceptors (Lipinski definition) is 5. The fraction of sp³-hybridized carbons (Fsp3) is 0.143. The van der Waals surface area contributed by atoms with E-state index in [0.29, 0.717) is 17.0 Å². The predicted molar refractivity (Wildman–Crippen MR) is 108 cm³/mol. The zero-order valence-electron chi connectivity index (χ0n) is 16.2. The van der Waals surface area contributed by atoms with E-state index in [2.05, 4.69) is 20.8 Å². The van der Waals surface area contributed by atoms with Gasteiger partial charge in [0.2, 0.25) is 5.82 Å². The number of anilines is 2. The molecule has 3 aromatic heterocycles. The molecule has 0 aliphatic heterocycles. The molecule has 4 rings (SSSR count). The minimum Gasteiger partial charge on any atom is -0.360 e. The Balaban J connectivity index is 1.68. The molecule has 0 saturated heterocycles. The van der Waals surface area contributed by atoms with Crippen molar-refractivity contribution in [3.63, 3.8) is 0 Å². The molecule has 146 valence electrons. The van der Waals surface area contributed by atoms with E-state index in [1.54, 1.807) is 41.8 Å². The van der Waals surface area contributed by atoms with Gasteiger partial charge < -0.3 is 15.2 Å². The number of rotatable bonds is 4. The van der Waals surface area contributed by atoms with Gasteiger partial charge in [-0.15, -0.1) is 0 Å². The van der Waals surface area contributed by atoms with Crippen molar-refractivity contribution in [2.75, 3.05) is 10.6 Å².